The molecule has 0 aliphatic carbocycles. The Balaban J connectivity index is 0.00000288. The Labute approximate surface area is 161 Å². The lowest BCUT2D eigenvalue weighted by molar-refractivity contribution is -0.114. The summed E-state index contributed by atoms with van der Waals surface area (Å²) >= 11 is 0. The number of hydrogen-bond acceptors (Lipinski definition) is 4. The smallest absolute Gasteiger partial charge is 0.243 e. The van der Waals surface area contributed by atoms with Crippen LogP contribution in [0.1, 0.15) is 0 Å². The molecule has 0 aliphatic rings. The van der Waals surface area contributed by atoms with Gasteiger partial charge in [-0.05, 0) is 38.4 Å². The fraction of sp³-hybridized carbons (Fsp3) is 0.278. The molecule has 0 aliphatic heterocycles. The van der Waals surface area contributed by atoms with Crippen molar-refractivity contribution in [3.63, 3.8) is 0 Å². The lowest BCUT2D eigenvalue weighted by atomic mass is 10.3. The lowest BCUT2D eigenvalue weighted by Crippen LogP contribution is -2.22. The van der Waals surface area contributed by atoms with Crippen molar-refractivity contribution in [2.24, 2.45) is 0 Å². The molecular formula is C18H25Cl2N3O2. The molecule has 0 saturated carbocycles. The molecule has 2 aromatic rings. The summed E-state index contributed by atoms with van der Waals surface area (Å²) in [4.78, 5) is 14.0. The van der Waals surface area contributed by atoms with Gasteiger partial charge in [0.2, 0.25) is 5.91 Å². The molecule has 0 saturated heterocycles. The maximum Gasteiger partial charge on any atom is 0.243 e. The van der Waals surface area contributed by atoms with Gasteiger partial charge in [-0.15, -0.1) is 24.8 Å². The van der Waals surface area contributed by atoms with Crippen LogP contribution >= 0.6 is 24.8 Å². The second-order valence-corrected chi connectivity index (χ2v) is 5.45. The minimum absolute atomic E-state index is 0. The predicted octanol–water partition coefficient (Wildman–Crippen LogP) is 3.52. The highest BCUT2D eigenvalue weighted by molar-refractivity contribution is 5.93. The third kappa shape index (κ3) is 9.19. The fourth-order valence-electron chi connectivity index (χ4n) is 1.95. The minimum atomic E-state index is -0.0979. The Morgan fingerprint density at radius 1 is 1.00 bits per heavy atom. The molecule has 1 amide bonds. The summed E-state index contributed by atoms with van der Waals surface area (Å²) in [5, 5.41) is 5.94. The Bertz CT molecular complexity index is 625. The van der Waals surface area contributed by atoms with Crippen molar-refractivity contribution in [2.45, 2.75) is 0 Å². The summed E-state index contributed by atoms with van der Waals surface area (Å²) in [6.45, 7) is 1.67. The summed E-state index contributed by atoms with van der Waals surface area (Å²) in [6.07, 6.45) is 0. The molecule has 0 aromatic heterocycles. The number of nitrogens with zero attached hydrogens (tertiary/aromatic N) is 1. The van der Waals surface area contributed by atoms with Crippen LogP contribution < -0.4 is 15.4 Å². The first kappa shape index (κ1) is 23.1. The van der Waals surface area contributed by atoms with E-state index in [4.69, 9.17) is 4.74 Å². The van der Waals surface area contributed by atoms with Gasteiger partial charge in [-0.2, -0.15) is 0 Å². The number of carbonyl (C=O) groups is 1. The molecule has 2 N–H and O–H groups in total. The van der Waals surface area contributed by atoms with E-state index in [1.807, 2.05) is 68.7 Å². The van der Waals surface area contributed by atoms with Crippen molar-refractivity contribution in [1.82, 2.24) is 4.90 Å². The van der Waals surface area contributed by atoms with E-state index in [1.165, 1.54) is 0 Å². The number of para-hydroxylation sites is 1. The largest absolute Gasteiger partial charge is 0.492 e. The topological polar surface area (TPSA) is 53.6 Å². The van der Waals surface area contributed by atoms with Crippen LogP contribution in [0.4, 0.5) is 11.4 Å². The van der Waals surface area contributed by atoms with Gasteiger partial charge in [0.25, 0.3) is 0 Å². The van der Waals surface area contributed by atoms with Gasteiger partial charge in [-0.1, -0.05) is 24.3 Å². The van der Waals surface area contributed by atoms with Gasteiger partial charge in [-0.25, -0.2) is 0 Å². The molecule has 7 heteroatoms. The number of halogens is 2. The number of anilines is 2. The number of hydrogen-bond donors (Lipinski definition) is 2. The third-order valence-corrected chi connectivity index (χ3v) is 3.15. The number of nitrogens with one attached hydrogen (secondary N) is 2. The molecule has 0 unspecified atom stereocenters. The number of carbonyl (C=O) groups excluding carboxylic acids is 1. The lowest BCUT2D eigenvalue weighted by Gasteiger charge is -2.12. The Hall–Kier alpha value is -1.95. The van der Waals surface area contributed by atoms with Crippen LogP contribution in [0.2, 0.25) is 0 Å². The van der Waals surface area contributed by atoms with E-state index >= 15 is 0 Å². The van der Waals surface area contributed by atoms with Gasteiger partial charge in [0, 0.05) is 24.0 Å². The summed E-state index contributed by atoms with van der Waals surface area (Å²) < 4.78 is 5.66. The van der Waals surface area contributed by atoms with Crippen molar-refractivity contribution < 1.29 is 9.53 Å². The van der Waals surface area contributed by atoms with Crippen molar-refractivity contribution >= 4 is 42.1 Å². The molecule has 0 spiro atoms. The van der Waals surface area contributed by atoms with E-state index in [-0.39, 0.29) is 37.3 Å². The van der Waals surface area contributed by atoms with Crippen LogP contribution in [0.25, 0.3) is 0 Å². The molecular weight excluding hydrogens is 361 g/mol. The molecule has 5 nitrogen and oxygen atoms in total. The predicted molar refractivity (Wildman–Crippen MR) is 109 cm³/mol. The van der Waals surface area contributed by atoms with E-state index in [1.54, 1.807) is 0 Å². The highest BCUT2D eigenvalue weighted by Crippen LogP contribution is 2.17. The Morgan fingerprint density at radius 2 is 1.68 bits per heavy atom. The first-order chi connectivity index (χ1) is 11.1. The van der Waals surface area contributed by atoms with E-state index in [0.29, 0.717) is 6.61 Å². The second-order valence-electron chi connectivity index (χ2n) is 5.45. The zero-order valence-corrected chi connectivity index (χ0v) is 16.0. The molecule has 0 atom stereocenters. The quantitative estimate of drug-likeness (QED) is 0.729. The summed E-state index contributed by atoms with van der Waals surface area (Å²) in [5.41, 5.74) is 1.65. The van der Waals surface area contributed by atoms with Gasteiger partial charge in [0.05, 0.1) is 6.54 Å². The first-order valence-corrected chi connectivity index (χ1v) is 7.60. The van der Waals surface area contributed by atoms with Crippen LogP contribution in [0.3, 0.4) is 0 Å². The van der Waals surface area contributed by atoms with Crippen molar-refractivity contribution in [3.05, 3.63) is 54.6 Å². The minimum Gasteiger partial charge on any atom is -0.492 e. The van der Waals surface area contributed by atoms with E-state index in [9.17, 15) is 4.79 Å². The summed E-state index contributed by atoms with van der Waals surface area (Å²) in [7, 11) is 4.00. The fourth-order valence-corrected chi connectivity index (χ4v) is 1.95. The molecule has 25 heavy (non-hydrogen) atoms. The molecule has 0 heterocycles. The summed E-state index contributed by atoms with van der Waals surface area (Å²) in [5.74, 6) is 0.653. The molecule has 0 radical (unpaired) electrons. The molecule has 138 valence electrons. The van der Waals surface area contributed by atoms with Gasteiger partial charge < -0.3 is 20.3 Å². The second kappa shape index (κ2) is 12.4. The third-order valence-electron chi connectivity index (χ3n) is 3.15. The average Bonchev–Trinajstić information content (AvgIpc) is 2.54. The van der Waals surface area contributed by atoms with Crippen LogP contribution in [0.5, 0.6) is 5.75 Å². The van der Waals surface area contributed by atoms with E-state index in [2.05, 4.69) is 15.5 Å². The molecule has 2 rings (SSSR count). The number of ether oxygens (including phenoxy) is 1. The average molecular weight is 386 g/mol. The molecule has 0 fully saturated rings. The number of rotatable bonds is 8. The first-order valence-electron chi connectivity index (χ1n) is 7.60. The van der Waals surface area contributed by atoms with Crippen molar-refractivity contribution in [2.75, 3.05) is 44.4 Å². The molecule has 0 bridgehead atoms. The standard InChI is InChI=1S/C18H23N3O2.2ClH/c1-21(2)11-12-23-17-10-6-9-16(13-17)20-18(22)14-19-15-7-4-3-5-8-15;;/h3-10,13,19H,11-12,14H2,1-2H3,(H,20,22);2*1H. The van der Waals surface area contributed by atoms with Crippen LogP contribution in [0.15, 0.2) is 54.6 Å². The van der Waals surface area contributed by atoms with E-state index in [0.717, 1.165) is 23.7 Å². The Kier molecular flexibility index (Phi) is 11.4. The molecule has 2 aromatic carbocycles. The highest BCUT2D eigenvalue weighted by Gasteiger charge is 2.03. The Morgan fingerprint density at radius 3 is 2.36 bits per heavy atom. The van der Waals surface area contributed by atoms with Gasteiger partial charge in [-0.3, -0.25) is 4.79 Å². The normalized spacial score (nSPS) is 9.56. The van der Waals surface area contributed by atoms with Crippen LogP contribution in [0, 0.1) is 0 Å². The summed E-state index contributed by atoms with van der Waals surface area (Å²) in [6, 6.07) is 17.1. The van der Waals surface area contributed by atoms with Gasteiger partial charge in [0.15, 0.2) is 0 Å². The van der Waals surface area contributed by atoms with Crippen molar-refractivity contribution in [3.8, 4) is 5.75 Å². The van der Waals surface area contributed by atoms with Gasteiger partial charge >= 0.3 is 0 Å². The highest BCUT2D eigenvalue weighted by atomic mass is 35.5. The van der Waals surface area contributed by atoms with Crippen LogP contribution in [-0.4, -0.2) is 44.6 Å². The monoisotopic (exact) mass is 385 g/mol. The van der Waals surface area contributed by atoms with Gasteiger partial charge in [0.1, 0.15) is 12.4 Å². The number of likely N-dealkylation sites (N-methyl/N-ethyl adjacent to an activating group) is 1. The zero-order valence-electron chi connectivity index (χ0n) is 14.4. The SMILES string of the molecule is CN(C)CCOc1cccc(NC(=O)CNc2ccccc2)c1.Cl.Cl. The number of benzene rings is 2. The maximum absolute atomic E-state index is 12.0. The van der Waals surface area contributed by atoms with E-state index < -0.39 is 0 Å². The van der Waals surface area contributed by atoms with Crippen LogP contribution in [-0.2, 0) is 4.79 Å². The maximum atomic E-state index is 12.0. The zero-order chi connectivity index (χ0) is 16.5. The number of amides is 1. The van der Waals surface area contributed by atoms with Crippen molar-refractivity contribution in [1.29, 1.82) is 0 Å².